The van der Waals surface area contributed by atoms with Crippen molar-refractivity contribution in [2.75, 3.05) is 19.7 Å². The van der Waals surface area contributed by atoms with Gasteiger partial charge in [0, 0.05) is 25.0 Å². The van der Waals surface area contributed by atoms with E-state index >= 15 is 0 Å². The Morgan fingerprint density at radius 1 is 1.08 bits per heavy atom. The molecule has 4 rings (SSSR count). The first-order chi connectivity index (χ1) is 17.3. The number of fused-ring (bicyclic) bond motifs is 1. The predicted octanol–water partition coefficient (Wildman–Crippen LogP) is 4.33. The summed E-state index contributed by atoms with van der Waals surface area (Å²) in [5.41, 5.74) is 2.84. The molecule has 0 aliphatic carbocycles. The highest BCUT2D eigenvalue weighted by atomic mass is 19.1. The lowest BCUT2D eigenvalue weighted by Crippen LogP contribution is -2.36. The molecule has 0 saturated carbocycles. The second-order valence-electron chi connectivity index (χ2n) is 8.67. The molecule has 0 aliphatic heterocycles. The maximum atomic E-state index is 13.5. The number of benzene rings is 1. The van der Waals surface area contributed by atoms with Gasteiger partial charge in [0.05, 0.1) is 16.9 Å². The zero-order valence-corrected chi connectivity index (χ0v) is 21.0. The molecule has 0 radical (unpaired) electrons. The van der Waals surface area contributed by atoms with E-state index in [4.69, 9.17) is 4.74 Å². The van der Waals surface area contributed by atoms with Gasteiger partial charge >= 0.3 is 0 Å². The Morgan fingerprint density at radius 2 is 1.78 bits per heavy atom. The molecule has 0 unspecified atom stereocenters. The molecule has 3 heterocycles. The van der Waals surface area contributed by atoms with Crippen molar-refractivity contribution >= 4 is 11.6 Å². The van der Waals surface area contributed by atoms with Gasteiger partial charge in [-0.2, -0.15) is 5.10 Å². The lowest BCUT2D eigenvalue weighted by molar-refractivity contribution is -0.133. The number of hydrogen-bond donors (Lipinski definition) is 0. The average molecular weight is 492 g/mol. The van der Waals surface area contributed by atoms with Crippen LogP contribution in [0.15, 0.2) is 53.5 Å². The van der Waals surface area contributed by atoms with Gasteiger partial charge in [0.2, 0.25) is 0 Å². The zero-order valence-electron chi connectivity index (χ0n) is 21.0. The monoisotopic (exact) mass is 491 g/mol. The summed E-state index contributed by atoms with van der Waals surface area (Å²) in [6.07, 6.45) is 3.36. The molecule has 1 aromatic carbocycles. The summed E-state index contributed by atoms with van der Waals surface area (Å²) in [5, 5.41) is 4.60. The minimum Gasteiger partial charge on any atom is -0.480 e. The summed E-state index contributed by atoms with van der Waals surface area (Å²) in [5.74, 6) is -0.0727. The highest BCUT2D eigenvalue weighted by molar-refractivity contribution is 5.78. The number of rotatable bonds is 9. The van der Waals surface area contributed by atoms with Crippen molar-refractivity contribution in [3.8, 4) is 22.7 Å². The molecule has 8 nitrogen and oxygen atoms in total. The van der Waals surface area contributed by atoms with Crippen molar-refractivity contribution in [1.82, 2.24) is 24.1 Å². The fourth-order valence-corrected chi connectivity index (χ4v) is 4.22. The van der Waals surface area contributed by atoms with Crippen LogP contribution in [-0.2, 0) is 4.79 Å². The quantitative estimate of drug-likeness (QED) is 0.348. The van der Waals surface area contributed by atoms with E-state index in [1.54, 1.807) is 53.0 Å². The third-order valence-electron chi connectivity index (χ3n) is 5.91. The SMILES string of the molecule is CCCN(CCC)C(=O)COc1cccn2c(=O)c(-c3cc(C)n(-c4ccc(F)cc4)n3)c(C)nc12. The smallest absolute Gasteiger partial charge is 0.267 e. The van der Waals surface area contributed by atoms with E-state index in [9.17, 15) is 14.0 Å². The van der Waals surface area contributed by atoms with Crippen LogP contribution in [0.5, 0.6) is 5.75 Å². The molecular weight excluding hydrogens is 461 g/mol. The molecule has 0 N–H and O–H groups in total. The number of carbonyl (C=O) groups excluding carboxylic acids is 1. The summed E-state index contributed by atoms with van der Waals surface area (Å²) >= 11 is 0. The number of aryl methyl sites for hydroxylation is 2. The summed E-state index contributed by atoms with van der Waals surface area (Å²) in [6.45, 7) is 8.90. The van der Waals surface area contributed by atoms with Crippen LogP contribution in [-0.4, -0.2) is 49.7 Å². The Kier molecular flexibility index (Phi) is 7.47. The molecule has 188 valence electrons. The number of pyridine rings is 1. The third-order valence-corrected chi connectivity index (χ3v) is 5.91. The first-order valence-corrected chi connectivity index (χ1v) is 12.1. The fraction of sp³-hybridized carbons (Fsp3) is 0.333. The van der Waals surface area contributed by atoms with Crippen molar-refractivity contribution in [3.63, 3.8) is 0 Å². The van der Waals surface area contributed by atoms with Crippen molar-refractivity contribution in [1.29, 1.82) is 0 Å². The van der Waals surface area contributed by atoms with Crippen LogP contribution in [0.1, 0.15) is 38.1 Å². The van der Waals surface area contributed by atoms with E-state index in [-0.39, 0.29) is 23.9 Å². The zero-order chi connectivity index (χ0) is 25.8. The highest BCUT2D eigenvalue weighted by Gasteiger charge is 2.19. The molecule has 0 spiro atoms. The number of ether oxygens (including phenoxy) is 1. The largest absolute Gasteiger partial charge is 0.480 e. The molecule has 1 amide bonds. The maximum absolute atomic E-state index is 13.5. The predicted molar refractivity (Wildman–Crippen MR) is 136 cm³/mol. The molecule has 0 atom stereocenters. The fourth-order valence-electron chi connectivity index (χ4n) is 4.22. The second kappa shape index (κ2) is 10.7. The van der Waals surface area contributed by atoms with Gasteiger partial charge in [-0.1, -0.05) is 13.8 Å². The van der Waals surface area contributed by atoms with Crippen LogP contribution in [0.2, 0.25) is 0 Å². The first-order valence-electron chi connectivity index (χ1n) is 12.1. The lowest BCUT2D eigenvalue weighted by atomic mass is 10.1. The van der Waals surface area contributed by atoms with Gasteiger partial charge in [-0.05, 0) is 69.2 Å². The molecule has 0 fully saturated rings. The maximum Gasteiger partial charge on any atom is 0.267 e. The molecular formula is C27H30FN5O3. The van der Waals surface area contributed by atoms with E-state index in [2.05, 4.69) is 10.1 Å². The van der Waals surface area contributed by atoms with Gasteiger partial charge in [-0.3, -0.25) is 14.0 Å². The standard InChI is InChI=1S/C27H30FN5O3/c1-5-13-31(14-6-2)24(34)17-36-23-8-7-15-32-26(23)29-19(4)25(27(32)35)22-16-18(3)33(30-22)21-11-9-20(28)10-12-21/h7-12,15-16H,5-6,13-14,17H2,1-4H3. The molecule has 3 aromatic heterocycles. The Morgan fingerprint density at radius 3 is 2.44 bits per heavy atom. The highest BCUT2D eigenvalue weighted by Crippen LogP contribution is 2.24. The number of hydrogen-bond acceptors (Lipinski definition) is 5. The molecule has 0 bridgehead atoms. The minimum absolute atomic E-state index is 0.0989. The van der Waals surface area contributed by atoms with Crippen LogP contribution in [0.3, 0.4) is 0 Å². The number of halogens is 1. The van der Waals surface area contributed by atoms with Crippen LogP contribution >= 0.6 is 0 Å². The summed E-state index contributed by atoms with van der Waals surface area (Å²) in [4.78, 5) is 32.6. The second-order valence-corrected chi connectivity index (χ2v) is 8.67. The van der Waals surface area contributed by atoms with E-state index in [0.717, 1.165) is 18.5 Å². The number of aromatic nitrogens is 4. The van der Waals surface area contributed by atoms with Crippen LogP contribution in [0.4, 0.5) is 4.39 Å². The Labute approximate surface area is 209 Å². The van der Waals surface area contributed by atoms with Crippen LogP contribution in [0, 0.1) is 19.7 Å². The average Bonchev–Trinajstić information content (AvgIpc) is 3.23. The van der Waals surface area contributed by atoms with Gasteiger partial charge in [-0.15, -0.1) is 0 Å². The molecule has 9 heteroatoms. The lowest BCUT2D eigenvalue weighted by Gasteiger charge is -2.21. The van der Waals surface area contributed by atoms with Crippen molar-refractivity contribution in [3.05, 3.63) is 76.2 Å². The van der Waals surface area contributed by atoms with Gasteiger partial charge in [0.1, 0.15) is 11.5 Å². The normalized spacial score (nSPS) is 11.1. The first kappa shape index (κ1) is 25.1. The Hall–Kier alpha value is -4.01. The Bertz CT molecular complexity index is 1440. The Balaban J connectivity index is 1.68. The van der Waals surface area contributed by atoms with E-state index in [0.29, 0.717) is 47.1 Å². The van der Waals surface area contributed by atoms with Gasteiger partial charge < -0.3 is 9.64 Å². The van der Waals surface area contributed by atoms with Gasteiger partial charge in [-0.25, -0.2) is 14.1 Å². The summed E-state index contributed by atoms with van der Waals surface area (Å²) in [6, 6.07) is 11.2. The molecule has 0 saturated heterocycles. The van der Waals surface area contributed by atoms with E-state index in [1.807, 2.05) is 20.8 Å². The molecule has 36 heavy (non-hydrogen) atoms. The molecule has 0 aliphatic rings. The van der Waals surface area contributed by atoms with Gasteiger partial charge in [0.15, 0.2) is 18.0 Å². The topological polar surface area (TPSA) is 81.7 Å². The van der Waals surface area contributed by atoms with E-state index in [1.165, 1.54) is 16.5 Å². The van der Waals surface area contributed by atoms with Crippen molar-refractivity contribution in [2.45, 2.75) is 40.5 Å². The summed E-state index contributed by atoms with van der Waals surface area (Å²) in [7, 11) is 0. The third kappa shape index (κ3) is 5.00. The number of carbonyl (C=O) groups is 1. The number of nitrogens with zero attached hydrogens (tertiary/aromatic N) is 5. The van der Waals surface area contributed by atoms with Gasteiger partial charge in [0.25, 0.3) is 11.5 Å². The summed E-state index contributed by atoms with van der Waals surface area (Å²) < 4.78 is 22.3. The van der Waals surface area contributed by atoms with Crippen molar-refractivity contribution < 1.29 is 13.9 Å². The van der Waals surface area contributed by atoms with Crippen LogP contribution < -0.4 is 10.3 Å². The van der Waals surface area contributed by atoms with E-state index < -0.39 is 0 Å². The minimum atomic E-state index is -0.334. The molecule has 4 aromatic rings. The van der Waals surface area contributed by atoms with Crippen molar-refractivity contribution in [2.24, 2.45) is 0 Å². The van der Waals surface area contributed by atoms with Crippen LogP contribution in [0.25, 0.3) is 22.6 Å². The number of amides is 1.